The smallest absolute Gasteiger partial charge is 0.262 e. The molecule has 0 aliphatic carbocycles. The minimum atomic E-state index is -0.672. The van der Waals surface area contributed by atoms with Gasteiger partial charge in [-0.15, -0.1) is 11.3 Å². The fourth-order valence-corrected chi connectivity index (χ4v) is 3.31. The Bertz CT molecular complexity index is 650. The van der Waals surface area contributed by atoms with Gasteiger partial charge >= 0.3 is 0 Å². The highest BCUT2D eigenvalue weighted by Gasteiger charge is 2.20. The Morgan fingerprint density at radius 3 is 3.10 bits per heavy atom. The molecule has 2 heterocycles. The van der Waals surface area contributed by atoms with Crippen molar-refractivity contribution in [2.45, 2.75) is 19.4 Å². The average molecular weight is 289 g/mol. The van der Waals surface area contributed by atoms with Gasteiger partial charge in [-0.2, -0.15) is 0 Å². The molecule has 1 unspecified atom stereocenters. The van der Waals surface area contributed by atoms with Gasteiger partial charge in [-0.25, -0.2) is 0 Å². The highest BCUT2D eigenvalue weighted by molar-refractivity contribution is 7.10. The van der Waals surface area contributed by atoms with Gasteiger partial charge in [-0.1, -0.05) is 13.0 Å². The molecule has 3 rings (SSSR count). The number of hydrogen-bond donors (Lipinski definition) is 2. The Kier molecular flexibility index (Phi) is 3.46. The summed E-state index contributed by atoms with van der Waals surface area (Å²) in [4.78, 5) is 12.3. The summed E-state index contributed by atoms with van der Waals surface area (Å²) in [5.74, 6) is 0.469. The molecule has 0 saturated carbocycles. The van der Waals surface area contributed by atoms with Crippen LogP contribution in [0.5, 0.6) is 5.75 Å². The van der Waals surface area contributed by atoms with Crippen molar-refractivity contribution >= 4 is 22.9 Å². The second-order valence-electron chi connectivity index (χ2n) is 4.66. The summed E-state index contributed by atoms with van der Waals surface area (Å²) in [6.07, 6.45) is 0.217. The summed E-state index contributed by atoms with van der Waals surface area (Å²) < 4.78 is 5.31. The molecule has 1 amide bonds. The standard InChI is InChI=1S/C15H15NO3S/c1-2-9-5-6-20-15(9)14(18)10-3-4-12-11(7-10)16-13(17)8-19-12/h3-7,14,18H,2,8H2,1H3,(H,16,17). The van der Waals surface area contributed by atoms with E-state index in [-0.39, 0.29) is 12.5 Å². The van der Waals surface area contributed by atoms with Crippen LogP contribution in [0.1, 0.15) is 29.0 Å². The lowest BCUT2D eigenvalue weighted by Crippen LogP contribution is -2.25. The first kappa shape index (κ1) is 13.1. The predicted molar refractivity (Wildman–Crippen MR) is 78.3 cm³/mol. The molecule has 104 valence electrons. The molecule has 1 aromatic heterocycles. The number of aliphatic hydroxyl groups excluding tert-OH is 1. The molecule has 1 aliphatic heterocycles. The molecule has 2 N–H and O–H groups in total. The van der Waals surface area contributed by atoms with E-state index < -0.39 is 6.10 Å². The van der Waals surface area contributed by atoms with E-state index in [4.69, 9.17) is 4.74 Å². The van der Waals surface area contributed by atoms with Crippen LogP contribution in [-0.2, 0) is 11.2 Å². The number of rotatable bonds is 3. The zero-order valence-corrected chi connectivity index (χ0v) is 11.9. The first-order valence-electron chi connectivity index (χ1n) is 6.50. The van der Waals surface area contributed by atoms with Gasteiger partial charge < -0.3 is 15.2 Å². The Hall–Kier alpha value is -1.85. The number of anilines is 1. The SMILES string of the molecule is CCc1ccsc1C(O)c1ccc2c(c1)NC(=O)CO2. The molecular weight excluding hydrogens is 274 g/mol. The number of aliphatic hydroxyl groups is 1. The zero-order valence-electron chi connectivity index (χ0n) is 11.1. The third-order valence-corrected chi connectivity index (χ3v) is 4.37. The molecule has 20 heavy (non-hydrogen) atoms. The Balaban J connectivity index is 1.94. The number of carbonyl (C=O) groups excluding carboxylic acids is 1. The van der Waals surface area contributed by atoms with E-state index in [1.165, 1.54) is 0 Å². The monoisotopic (exact) mass is 289 g/mol. The second kappa shape index (κ2) is 5.26. The molecule has 5 heteroatoms. The van der Waals surface area contributed by atoms with Crippen LogP contribution in [-0.4, -0.2) is 17.6 Å². The summed E-state index contributed by atoms with van der Waals surface area (Å²) in [6, 6.07) is 7.43. The van der Waals surface area contributed by atoms with Gasteiger partial charge in [0.1, 0.15) is 11.9 Å². The number of amides is 1. The lowest BCUT2D eigenvalue weighted by atomic mass is 10.0. The average Bonchev–Trinajstić information content (AvgIpc) is 2.94. The number of fused-ring (bicyclic) bond motifs is 1. The number of hydrogen-bond acceptors (Lipinski definition) is 4. The maximum atomic E-state index is 11.3. The van der Waals surface area contributed by atoms with Gasteiger partial charge in [0.15, 0.2) is 6.61 Å². The summed E-state index contributed by atoms with van der Waals surface area (Å²) in [5.41, 5.74) is 2.53. The van der Waals surface area contributed by atoms with Crippen molar-refractivity contribution in [3.63, 3.8) is 0 Å². The van der Waals surface area contributed by atoms with Crippen LogP contribution in [0.25, 0.3) is 0 Å². The van der Waals surface area contributed by atoms with E-state index in [2.05, 4.69) is 12.2 Å². The summed E-state index contributed by atoms with van der Waals surface area (Å²) in [6.45, 7) is 2.11. The van der Waals surface area contributed by atoms with Crippen molar-refractivity contribution in [3.05, 3.63) is 45.6 Å². The van der Waals surface area contributed by atoms with E-state index in [1.807, 2.05) is 17.5 Å². The lowest BCUT2D eigenvalue weighted by molar-refractivity contribution is -0.118. The third-order valence-electron chi connectivity index (χ3n) is 3.36. The second-order valence-corrected chi connectivity index (χ2v) is 5.61. The molecule has 1 aromatic carbocycles. The van der Waals surface area contributed by atoms with Crippen LogP contribution in [0.15, 0.2) is 29.6 Å². The third kappa shape index (κ3) is 2.30. The van der Waals surface area contributed by atoms with E-state index in [0.29, 0.717) is 11.4 Å². The highest BCUT2D eigenvalue weighted by Crippen LogP contribution is 2.35. The van der Waals surface area contributed by atoms with Crippen molar-refractivity contribution < 1.29 is 14.6 Å². The number of aryl methyl sites for hydroxylation is 1. The van der Waals surface area contributed by atoms with Gasteiger partial charge in [-0.05, 0) is 41.1 Å². The first-order valence-corrected chi connectivity index (χ1v) is 7.38. The molecule has 1 atom stereocenters. The van der Waals surface area contributed by atoms with Gasteiger partial charge in [0.2, 0.25) is 0 Å². The van der Waals surface area contributed by atoms with Crippen molar-refractivity contribution in [1.29, 1.82) is 0 Å². The Morgan fingerprint density at radius 2 is 2.30 bits per heavy atom. The summed E-state index contributed by atoms with van der Waals surface area (Å²) in [5, 5.41) is 15.3. The highest BCUT2D eigenvalue weighted by atomic mass is 32.1. The fraction of sp³-hybridized carbons (Fsp3) is 0.267. The quantitative estimate of drug-likeness (QED) is 0.913. The molecule has 0 saturated heterocycles. The number of ether oxygens (including phenoxy) is 1. The van der Waals surface area contributed by atoms with Crippen LogP contribution in [0.4, 0.5) is 5.69 Å². The molecule has 1 aliphatic rings. The van der Waals surface area contributed by atoms with Crippen molar-refractivity contribution in [2.75, 3.05) is 11.9 Å². The van der Waals surface area contributed by atoms with Crippen molar-refractivity contribution in [1.82, 2.24) is 0 Å². The number of thiophene rings is 1. The van der Waals surface area contributed by atoms with Crippen LogP contribution in [0.3, 0.4) is 0 Å². The summed E-state index contributed by atoms with van der Waals surface area (Å²) in [7, 11) is 0. The van der Waals surface area contributed by atoms with Crippen LogP contribution >= 0.6 is 11.3 Å². The van der Waals surface area contributed by atoms with Gasteiger partial charge in [0, 0.05) is 4.88 Å². The van der Waals surface area contributed by atoms with E-state index in [1.54, 1.807) is 23.5 Å². The molecule has 0 fully saturated rings. The number of nitrogens with one attached hydrogen (secondary N) is 1. The Labute approximate surface area is 121 Å². The topological polar surface area (TPSA) is 58.6 Å². The minimum Gasteiger partial charge on any atom is -0.482 e. The van der Waals surface area contributed by atoms with Crippen LogP contribution < -0.4 is 10.1 Å². The Morgan fingerprint density at radius 1 is 1.45 bits per heavy atom. The van der Waals surface area contributed by atoms with Crippen molar-refractivity contribution in [3.8, 4) is 5.75 Å². The molecule has 4 nitrogen and oxygen atoms in total. The lowest BCUT2D eigenvalue weighted by Gasteiger charge is -2.20. The molecule has 0 bridgehead atoms. The van der Waals surface area contributed by atoms with E-state index >= 15 is 0 Å². The van der Waals surface area contributed by atoms with Crippen LogP contribution in [0.2, 0.25) is 0 Å². The largest absolute Gasteiger partial charge is 0.482 e. The van der Waals surface area contributed by atoms with Crippen LogP contribution in [0, 0.1) is 0 Å². The van der Waals surface area contributed by atoms with Crippen molar-refractivity contribution in [2.24, 2.45) is 0 Å². The predicted octanol–water partition coefficient (Wildman–Crippen LogP) is 2.72. The number of benzene rings is 1. The molecule has 2 aromatic rings. The van der Waals surface area contributed by atoms with Gasteiger partial charge in [-0.3, -0.25) is 4.79 Å². The minimum absolute atomic E-state index is 0.0415. The fourth-order valence-electron chi connectivity index (χ4n) is 2.30. The number of carbonyl (C=O) groups is 1. The molecule has 0 radical (unpaired) electrons. The molecule has 0 spiro atoms. The maximum absolute atomic E-state index is 11.3. The normalized spacial score (nSPS) is 15.2. The van der Waals surface area contributed by atoms with Gasteiger partial charge in [0.25, 0.3) is 5.91 Å². The molecular formula is C15H15NO3S. The van der Waals surface area contributed by atoms with E-state index in [0.717, 1.165) is 22.4 Å². The first-order chi connectivity index (χ1) is 9.69. The summed E-state index contributed by atoms with van der Waals surface area (Å²) >= 11 is 1.55. The maximum Gasteiger partial charge on any atom is 0.262 e. The zero-order chi connectivity index (χ0) is 14.1. The van der Waals surface area contributed by atoms with Gasteiger partial charge in [0.05, 0.1) is 5.69 Å². The van der Waals surface area contributed by atoms with E-state index in [9.17, 15) is 9.90 Å².